The number of nitrogens with one attached hydrogen (secondary N) is 1. The first kappa shape index (κ1) is 17.4. The molecule has 0 radical (unpaired) electrons. The molecule has 7 heteroatoms. The van der Waals surface area contributed by atoms with E-state index in [0.717, 1.165) is 37.2 Å². The van der Waals surface area contributed by atoms with Crippen LogP contribution in [0.15, 0.2) is 46.0 Å². The van der Waals surface area contributed by atoms with E-state index in [1.165, 1.54) is 11.3 Å². The molecular formula is C17H22N2O3S2. The minimum absolute atomic E-state index is 0.0353. The largest absolute Gasteiger partial charge is 0.497 e. The van der Waals surface area contributed by atoms with Gasteiger partial charge in [-0.1, -0.05) is 18.2 Å². The summed E-state index contributed by atoms with van der Waals surface area (Å²) < 4.78 is 33.2. The number of benzene rings is 1. The van der Waals surface area contributed by atoms with Crippen molar-refractivity contribution in [3.63, 3.8) is 0 Å². The average Bonchev–Trinajstić information content (AvgIpc) is 3.29. The molecule has 1 aromatic heterocycles. The van der Waals surface area contributed by atoms with Crippen molar-refractivity contribution < 1.29 is 13.2 Å². The third-order valence-electron chi connectivity index (χ3n) is 4.31. The fraction of sp³-hybridized carbons (Fsp3) is 0.412. The predicted molar refractivity (Wildman–Crippen MR) is 96.0 cm³/mol. The number of likely N-dealkylation sites (tertiary alicyclic amines) is 1. The van der Waals surface area contributed by atoms with Crippen LogP contribution in [0.3, 0.4) is 0 Å². The molecule has 0 spiro atoms. The van der Waals surface area contributed by atoms with Gasteiger partial charge < -0.3 is 4.74 Å². The quantitative estimate of drug-likeness (QED) is 0.819. The Kier molecular flexibility index (Phi) is 5.55. The van der Waals surface area contributed by atoms with Crippen molar-refractivity contribution in [2.75, 3.05) is 26.7 Å². The minimum atomic E-state index is -3.45. The smallest absolute Gasteiger partial charge is 0.250 e. The van der Waals surface area contributed by atoms with Crippen LogP contribution in [-0.4, -0.2) is 40.1 Å². The van der Waals surface area contributed by atoms with Gasteiger partial charge in [0, 0.05) is 12.6 Å². The third-order valence-corrected chi connectivity index (χ3v) is 7.13. The maximum Gasteiger partial charge on any atom is 0.250 e. The molecule has 3 rings (SSSR count). The Labute approximate surface area is 147 Å². The summed E-state index contributed by atoms with van der Waals surface area (Å²) in [5, 5.41) is 1.77. The van der Waals surface area contributed by atoms with Crippen molar-refractivity contribution in [2.45, 2.75) is 23.1 Å². The molecular weight excluding hydrogens is 344 g/mol. The minimum Gasteiger partial charge on any atom is -0.497 e. The van der Waals surface area contributed by atoms with Gasteiger partial charge >= 0.3 is 0 Å². The number of methoxy groups -OCH3 is 1. The zero-order valence-electron chi connectivity index (χ0n) is 13.6. The Morgan fingerprint density at radius 1 is 1.21 bits per heavy atom. The van der Waals surface area contributed by atoms with Crippen LogP contribution in [0.2, 0.25) is 0 Å². The van der Waals surface area contributed by atoms with Crippen LogP contribution in [0.5, 0.6) is 5.75 Å². The molecule has 0 amide bonds. The fourth-order valence-corrected chi connectivity index (χ4v) is 5.09. The van der Waals surface area contributed by atoms with Gasteiger partial charge in [-0.25, -0.2) is 13.1 Å². The Hall–Kier alpha value is -1.41. The fourth-order valence-electron chi connectivity index (χ4n) is 3.01. The highest BCUT2D eigenvalue weighted by Crippen LogP contribution is 2.27. The first-order valence-electron chi connectivity index (χ1n) is 8.01. The summed E-state index contributed by atoms with van der Waals surface area (Å²) in [5.74, 6) is 0.804. The highest BCUT2D eigenvalue weighted by Gasteiger charge is 2.26. The molecule has 1 aliphatic heterocycles. The van der Waals surface area contributed by atoms with Crippen molar-refractivity contribution in [1.29, 1.82) is 0 Å². The van der Waals surface area contributed by atoms with Crippen LogP contribution >= 0.6 is 11.3 Å². The molecule has 1 unspecified atom stereocenters. The molecule has 1 aromatic carbocycles. The lowest BCUT2D eigenvalue weighted by molar-refractivity contribution is 0.246. The van der Waals surface area contributed by atoms with Gasteiger partial charge in [0.25, 0.3) is 0 Å². The number of hydrogen-bond acceptors (Lipinski definition) is 5. The van der Waals surface area contributed by atoms with E-state index in [2.05, 4.69) is 9.62 Å². The average molecular weight is 367 g/mol. The number of rotatable bonds is 7. The van der Waals surface area contributed by atoms with E-state index >= 15 is 0 Å². The summed E-state index contributed by atoms with van der Waals surface area (Å²) in [6, 6.07) is 11.3. The van der Waals surface area contributed by atoms with Crippen molar-refractivity contribution in [3.05, 3.63) is 47.3 Å². The predicted octanol–water partition coefficient (Wildman–Crippen LogP) is 2.87. The van der Waals surface area contributed by atoms with Crippen LogP contribution in [0.1, 0.15) is 24.4 Å². The second kappa shape index (κ2) is 7.65. The van der Waals surface area contributed by atoms with E-state index in [1.807, 2.05) is 24.3 Å². The van der Waals surface area contributed by atoms with Crippen molar-refractivity contribution in [1.82, 2.24) is 9.62 Å². The topological polar surface area (TPSA) is 58.6 Å². The van der Waals surface area contributed by atoms with Crippen LogP contribution in [0, 0.1) is 0 Å². The molecule has 5 nitrogen and oxygen atoms in total. The molecule has 1 aliphatic rings. The van der Waals surface area contributed by atoms with E-state index in [0.29, 0.717) is 10.8 Å². The summed E-state index contributed by atoms with van der Waals surface area (Å²) in [7, 11) is -1.80. The summed E-state index contributed by atoms with van der Waals surface area (Å²) in [6.07, 6.45) is 2.31. The van der Waals surface area contributed by atoms with E-state index in [1.54, 1.807) is 24.6 Å². The van der Waals surface area contributed by atoms with Gasteiger partial charge in [0.15, 0.2) is 0 Å². The van der Waals surface area contributed by atoms with E-state index in [4.69, 9.17) is 4.74 Å². The molecule has 0 saturated carbocycles. The second-order valence-electron chi connectivity index (χ2n) is 5.82. The van der Waals surface area contributed by atoms with Gasteiger partial charge in [0.1, 0.15) is 9.96 Å². The van der Waals surface area contributed by atoms with Crippen molar-refractivity contribution in [2.24, 2.45) is 0 Å². The Bertz CT molecular complexity index is 737. The first-order valence-corrected chi connectivity index (χ1v) is 10.4. The van der Waals surface area contributed by atoms with E-state index in [-0.39, 0.29) is 6.04 Å². The molecule has 1 saturated heterocycles. The van der Waals surface area contributed by atoms with Gasteiger partial charge in [-0.15, -0.1) is 11.3 Å². The SMILES string of the molecule is COc1ccc(C(CNS(=O)(=O)c2cccs2)N2CCCC2)cc1. The Morgan fingerprint density at radius 2 is 1.92 bits per heavy atom. The molecule has 2 heterocycles. The maximum absolute atomic E-state index is 12.4. The van der Waals surface area contributed by atoms with Gasteiger partial charge in [0.2, 0.25) is 10.0 Å². The highest BCUT2D eigenvalue weighted by molar-refractivity contribution is 7.91. The molecule has 0 bridgehead atoms. The van der Waals surface area contributed by atoms with Gasteiger partial charge in [-0.05, 0) is 55.1 Å². The van der Waals surface area contributed by atoms with Gasteiger partial charge in [0.05, 0.1) is 7.11 Å². The third kappa shape index (κ3) is 3.97. The second-order valence-corrected chi connectivity index (χ2v) is 8.76. The first-order chi connectivity index (χ1) is 11.6. The standard InChI is InChI=1S/C17H22N2O3S2/c1-22-15-8-6-14(7-9-15)16(19-10-2-3-11-19)13-18-24(20,21)17-5-4-12-23-17/h4-9,12,16,18H,2-3,10-11,13H2,1H3. The van der Waals surface area contributed by atoms with E-state index in [9.17, 15) is 8.42 Å². The Morgan fingerprint density at radius 3 is 2.50 bits per heavy atom. The van der Waals surface area contributed by atoms with Gasteiger partial charge in [-0.3, -0.25) is 4.90 Å². The van der Waals surface area contributed by atoms with Crippen LogP contribution in [0.25, 0.3) is 0 Å². The normalized spacial score (nSPS) is 17.0. The summed E-state index contributed by atoms with van der Waals surface area (Å²) in [4.78, 5) is 2.35. The van der Waals surface area contributed by atoms with Crippen LogP contribution < -0.4 is 9.46 Å². The maximum atomic E-state index is 12.4. The zero-order valence-corrected chi connectivity index (χ0v) is 15.3. The summed E-state index contributed by atoms with van der Waals surface area (Å²) in [5.41, 5.74) is 1.10. The van der Waals surface area contributed by atoms with Crippen molar-refractivity contribution >= 4 is 21.4 Å². The van der Waals surface area contributed by atoms with Crippen LogP contribution in [-0.2, 0) is 10.0 Å². The molecule has 1 fully saturated rings. The number of nitrogens with zero attached hydrogens (tertiary/aromatic N) is 1. The lowest BCUT2D eigenvalue weighted by Crippen LogP contribution is -2.36. The number of hydrogen-bond donors (Lipinski definition) is 1. The Balaban J connectivity index is 1.77. The monoisotopic (exact) mass is 366 g/mol. The number of thiophene rings is 1. The lowest BCUT2D eigenvalue weighted by Gasteiger charge is -2.28. The summed E-state index contributed by atoms with van der Waals surface area (Å²) in [6.45, 7) is 2.36. The number of sulfonamides is 1. The molecule has 1 N–H and O–H groups in total. The zero-order chi connectivity index (χ0) is 17.0. The van der Waals surface area contributed by atoms with Gasteiger partial charge in [-0.2, -0.15) is 0 Å². The molecule has 2 aromatic rings. The molecule has 1 atom stereocenters. The molecule has 0 aliphatic carbocycles. The lowest BCUT2D eigenvalue weighted by atomic mass is 10.1. The van der Waals surface area contributed by atoms with Crippen molar-refractivity contribution in [3.8, 4) is 5.75 Å². The molecule has 130 valence electrons. The molecule has 24 heavy (non-hydrogen) atoms. The summed E-state index contributed by atoms with van der Waals surface area (Å²) >= 11 is 1.23. The highest BCUT2D eigenvalue weighted by atomic mass is 32.2. The van der Waals surface area contributed by atoms with E-state index < -0.39 is 10.0 Å². The number of ether oxygens (including phenoxy) is 1. The van der Waals surface area contributed by atoms with Crippen LogP contribution in [0.4, 0.5) is 0 Å².